The Kier molecular flexibility index (Phi) is 6.64. The van der Waals surface area contributed by atoms with Gasteiger partial charge in [0.15, 0.2) is 0 Å². The lowest BCUT2D eigenvalue weighted by atomic mass is 9.82. The molecule has 1 aromatic carbocycles. The molecule has 6 heteroatoms. The Morgan fingerprint density at radius 3 is 2.54 bits per heavy atom. The molecule has 0 heterocycles. The van der Waals surface area contributed by atoms with E-state index in [9.17, 15) is 9.59 Å². The number of nitrogens with one attached hydrogen (secondary N) is 1. The minimum atomic E-state index is -0.581. The summed E-state index contributed by atoms with van der Waals surface area (Å²) < 4.78 is 15.6. The summed E-state index contributed by atoms with van der Waals surface area (Å²) in [4.78, 5) is 24.8. The summed E-state index contributed by atoms with van der Waals surface area (Å²) in [6, 6.07) is 7.73. The Morgan fingerprint density at radius 1 is 1.23 bits per heavy atom. The first-order valence-corrected chi connectivity index (χ1v) is 8.91. The van der Waals surface area contributed by atoms with Gasteiger partial charge in [-0.2, -0.15) is 0 Å². The normalized spacial score (nSPS) is 20.2. The van der Waals surface area contributed by atoms with Gasteiger partial charge in [0.25, 0.3) is 0 Å². The molecular weight excluding hydrogens is 334 g/mol. The van der Waals surface area contributed by atoms with Crippen LogP contribution in [0.4, 0.5) is 4.79 Å². The Bertz CT molecular complexity index is 637. The maximum absolute atomic E-state index is 12.5. The lowest BCUT2D eigenvalue weighted by Gasteiger charge is -2.29. The molecule has 6 nitrogen and oxygen atoms in total. The van der Waals surface area contributed by atoms with Crippen molar-refractivity contribution in [3.63, 3.8) is 0 Å². The van der Waals surface area contributed by atoms with Crippen molar-refractivity contribution < 1.29 is 23.8 Å². The van der Waals surface area contributed by atoms with E-state index in [-0.39, 0.29) is 17.9 Å². The predicted molar refractivity (Wildman–Crippen MR) is 98.0 cm³/mol. The second-order valence-electron chi connectivity index (χ2n) is 7.59. The highest BCUT2D eigenvalue weighted by molar-refractivity contribution is 5.75. The second kappa shape index (κ2) is 8.54. The van der Waals surface area contributed by atoms with Crippen LogP contribution >= 0.6 is 0 Å². The third-order valence-corrected chi connectivity index (χ3v) is 4.56. The van der Waals surface area contributed by atoms with E-state index in [0.29, 0.717) is 19.4 Å². The number of methoxy groups -OCH3 is 2. The van der Waals surface area contributed by atoms with Gasteiger partial charge in [0.2, 0.25) is 0 Å². The van der Waals surface area contributed by atoms with Crippen LogP contribution in [-0.2, 0) is 25.4 Å². The smallest absolute Gasteiger partial charge is 0.407 e. The van der Waals surface area contributed by atoms with Crippen LogP contribution in [0.5, 0.6) is 0 Å². The topological polar surface area (TPSA) is 73.9 Å². The molecule has 3 atom stereocenters. The number of fused-ring (bicyclic) bond motifs is 1. The summed E-state index contributed by atoms with van der Waals surface area (Å²) in [7, 11) is 2.99. The number of hydrogen-bond donors (Lipinski definition) is 1. The molecule has 0 saturated carbocycles. The van der Waals surface area contributed by atoms with Crippen LogP contribution in [0.1, 0.15) is 44.2 Å². The number of carbonyl (C=O) groups excluding carboxylic acids is 2. The van der Waals surface area contributed by atoms with Gasteiger partial charge < -0.3 is 19.5 Å². The quantitative estimate of drug-likeness (QED) is 0.787. The van der Waals surface area contributed by atoms with Crippen molar-refractivity contribution in [2.45, 2.75) is 51.2 Å². The van der Waals surface area contributed by atoms with Crippen LogP contribution in [0, 0.1) is 5.92 Å². The van der Waals surface area contributed by atoms with Gasteiger partial charge in [-0.25, -0.2) is 4.79 Å². The lowest BCUT2D eigenvalue weighted by molar-refractivity contribution is -0.147. The minimum Gasteiger partial charge on any atom is -0.469 e. The van der Waals surface area contributed by atoms with Gasteiger partial charge in [-0.15, -0.1) is 0 Å². The van der Waals surface area contributed by atoms with Gasteiger partial charge in [-0.3, -0.25) is 4.79 Å². The maximum Gasteiger partial charge on any atom is 0.407 e. The molecule has 144 valence electrons. The van der Waals surface area contributed by atoms with Crippen molar-refractivity contribution in [1.29, 1.82) is 0 Å². The van der Waals surface area contributed by atoms with Gasteiger partial charge in [0, 0.05) is 25.7 Å². The zero-order valence-corrected chi connectivity index (χ0v) is 16.2. The van der Waals surface area contributed by atoms with E-state index in [0.717, 1.165) is 11.1 Å². The molecule has 1 aliphatic rings. The van der Waals surface area contributed by atoms with Crippen molar-refractivity contribution in [2.75, 3.05) is 20.8 Å². The summed E-state index contributed by atoms with van der Waals surface area (Å²) in [5.41, 5.74) is 1.62. The van der Waals surface area contributed by atoms with E-state index in [1.54, 1.807) is 7.11 Å². The molecule has 1 aliphatic carbocycles. The van der Waals surface area contributed by atoms with E-state index < -0.39 is 17.6 Å². The highest BCUT2D eigenvalue weighted by atomic mass is 16.6. The summed E-state index contributed by atoms with van der Waals surface area (Å²) in [5, 5.41) is 2.96. The molecule has 26 heavy (non-hydrogen) atoms. The summed E-state index contributed by atoms with van der Waals surface area (Å²) in [6.45, 7) is 5.91. The van der Waals surface area contributed by atoms with Gasteiger partial charge in [-0.05, 0) is 44.7 Å². The number of rotatable bonds is 6. The fourth-order valence-electron chi connectivity index (χ4n) is 3.56. The summed E-state index contributed by atoms with van der Waals surface area (Å²) in [5.74, 6) is -0.871. The average molecular weight is 363 g/mol. The number of esters is 1. The van der Waals surface area contributed by atoms with E-state index in [4.69, 9.17) is 14.2 Å². The number of carbonyl (C=O) groups is 2. The SMILES string of the molecule is COCCC(C(=O)OC)[C@@H]1c2ccccc2CC1NC(=O)OC(C)(C)C. The maximum atomic E-state index is 12.5. The third kappa shape index (κ3) is 4.97. The van der Waals surface area contributed by atoms with Gasteiger partial charge in [0.05, 0.1) is 13.0 Å². The molecule has 0 saturated heterocycles. The molecule has 0 radical (unpaired) electrons. The molecule has 0 aliphatic heterocycles. The summed E-state index contributed by atoms with van der Waals surface area (Å²) >= 11 is 0. The number of amides is 1. The van der Waals surface area contributed by atoms with Crippen LogP contribution in [-0.4, -0.2) is 44.5 Å². The fraction of sp³-hybridized carbons (Fsp3) is 0.600. The van der Waals surface area contributed by atoms with E-state index >= 15 is 0 Å². The predicted octanol–water partition coefficient (Wildman–Crippen LogP) is 3.05. The van der Waals surface area contributed by atoms with Gasteiger partial charge in [0.1, 0.15) is 5.60 Å². The minimum absolute atomic E-state index is 0.179. The van der Waals surface area contributed by atoms with Crippen molar-refractivity contribution in [2.24, 2.45) is 5.92 Å². The van der Waals surface area contributed by atoms with Crippen LogP contribution < -0.4 is 5.32 Å². The Hall–Kier alpha value is -2.08. The third-order valence-electron chi connectivity index (χ3n) is 4.56. The molecule has 0 bridgehead atoms. The van der Waals surface area contributed by atoms with E-state index in [2.05, 4.69) is 5.32 Å². The number of alkyl carbamates (subject to hydrolysis) is 1. The Balaban J connectivity index is 2.28. The first kappa shape index (κ1) is 20.2. The van der Waals surface area contributed by atoms with Crippen LogP contribution in [0.3, 0.4) is 0 Å². The highest BCUT2D eigenvalue weighted by Gasteiger charge is 2.42. The highest BCUT2D eigenvalue weighted by Crippen LogP contribution is 2.40. The molecule has 1 aromatic rings. The number of hydrogen-bond acceptors (Lipinski definition) is 5. The van der Waals surface area contributed by atoms with Crippen LogP contribution in [0.25, 0.3) is 0 Å². The van der Waals surface area contributed by atoms with Crippen molar-refractivity contribution >= 4 is 12.1 Å². The number of benzene rings is 1. The van der Waals surface area contributed by atoms with Gasteiger partial charge >= 0.3 is 12.1 Å². The van der Waals surface area contributed by atoms with Crippen molar-refractivity contribution in [3.8, 4) is 0 Å². The van der Waals surface area contributed by atoms with Crippen LogP contribution in [0.2, 0.25) is 0 Å². The Morgan fingerprint density at radius 2 is 1.92 bits per heavy atom. The van der Waals surface area contributed by atoms with Crippen LogP contribution in [0.15, 0.2) is 24.3 Å². The Labute approximate surface area is 155 Å². The fourth-order valence-corrected chi connectivity index (χ4v) is 3.56. The molecule has 0 spiro atoms. The molecule has 2 unspecified atom stereocenters. The van der Waals surface area contributed by atoms with Gasteiger partial charge in [-0.1, -0.05) is 24.3 Å². The summed E-state index contributed by atoms with van der Waals surface area (Å²) in [6.07, 6.45) is 0.700. The molecule has 1 amide bonds. The monoisotopic (exact) mass is 363 g/mol. The molecule has 1 N–H and O–H groups in total. The standard InChI is InChI=1S/C20H29NO5/c1-20(2,3)26-19(23)21-16-12-13-8-6-7-9-14(13)17(16)15(10-11-24-4)18(22)25-5/h6-9,15-17H,10-12H2,1-5H3,(H,21,23)/t15?,16?,17-/m0/s1. The molecular formula is C20H29NO5. The lowest BCUT2D eigenvalue weighted by Crippen LogP contribution is -2.44. The largest absolute Gasteiger partial charge is 0.469 e. The van der Waals surface area contributed by atoms with E-state index in [1.807, 2.05) is 45.0 Å². The molecule has 2 rings (SSSR count). The zero-order valence-electron chi connectivity index (χ0n) is 16.2. The first-order chi connectivity index (χ1) is 12.3. The van der Waals surface area contributed by atoms with Crippen molar-refractivity contribution in [1.82, 2.24) is 5.32 Å². The molecule has 0 fully saturated rings. The molecule has 0 aromatic heterocycles. The first-order valence-electron chi connectivity index (χ1n) is 8.91. The second-order valence-corrected chi connectivity index (χ2v) is 7.59. The number of ether oxygens (including phenoxy) is 3. The zero-order chi connectivity index (χ0) is 19.3. The van der Waals surface area contributed by atoms with E-state index in [1.165, 1.54) is 7.11 Å². The van der Waals surface area contributed by atoms with Crippen molar-refractivity contribution in [3.05, 3.63) is 35.4 Å². The average Bonchev–Trinajstić information content (AvgIpc) is 2.91.